The van der Waals surface area contributed by atoms with E-state index in [0.29, 0.717) is 17.9 Å². The summed E-state index contributed by atoms with van der Waals surface area (Å²) in [5.74, 6) is 0.542. The summed E-state index contributed by atoms with van der Waals surface area (Å²) < 4.78 is 0. The Labute approximate surface area is 115 Å². The van der Waals surface area contributed by atoms with Gasteiger partial charge in [0.05, 0.1) is 0 Å². The summed E-state index contributed by atoms with van der Waals surface area (Å²) in [6.07, 6.45) is 7.39. The van der Waals surface area contributed by atoms with Crippen molar-refractivity contribution >= 4 is 0 Å². The van der Waals surface area contributed by atoms with E-state index >= 15 is 0 Å². The van der Waals surface area contributed by atoms with Crippen molar-refractivity contribution < 1.29 is 0 Å². The molecular formula is C15H37N3. The Kier molecular flexibility index (Phi) is 14.9. The minimum atomic E-state index is 0.542. The molecule has 0 radical (unpaired) electrons. The van der Waals surface area contributed by atoms with E-state index in [2.05, 4.69) is 27.7 Å². The van der Waals surface area contributed by atoms with Crippen LogP contribution < -0.4 is 17.2 Å². The van der Waals surface area contributed by atoms with Crippen LogP contribution in [0.25, 0.3) is 0 Å². The molecule has 0 atom stereocenters. The molecule has 0 aromatic heterocycles. The molecule has 0 spiro atoms. The van der Waals surface area contributed by atoms with Gasteiger partial charge in [0.25, 0.3) is 0 Å². The van der Waals surface area contributed by atoms with E-state index < -0.39 is 0 Å². The summed E-state index contributed by atoms with van der Waals surface area (Å²) in [5.41, 5.74) is 16.8. The quantitative estimate of drug-likeness (QED) is 0.596. The molecule has 0 heterocycles. The van der Waals surface area contributed by atoms with Gasteiger partial charge in [-0.05, 0) is 43.8 Å². The van der Waals surface area contributed by atoms with E-state index in [1.165, 1.54) is 25.7 Å². The van der Waals surface area contributed by atoms with Crippen LogP contribution in [-0.4, -0.2) is 19.6 Å². The molecule has 0 aromatic carbocycles. The van der Waals surface area contributed by atoms with Crippen LogP contribution in [0.3, 0.4) is 0 Å². The highest BCUT2D eigenvalue weighted by Crippen LogP contribution is 2.33. The molecule has 0 fully saturated rings. The second-order valence-electron chi connectivity index (χ2n) is 5.17. The van der Waals surface area contributed by atoms with Gasteiger partial charge in [0.15, 0.2) is 0 Å². The molecule has 0 aliphatic rings. The first-order valence-corrected chi connectivity index (χ1v) is 7.69. The Hall–Kier alpha value is -0.120. The first kappa shape index (κ1) is 20.2. The molecule has 0 aromatic rings. The minimum absolute atomic E-state index is 0.542. The van der Waals surface area contributed by atoms with Crippen LogP contribution in [-0.2, 0) is 0 Å². The standard InChI is InChI=1S/C9H20.C6H17N3/c1-5-9(6-2,7-3)8-4;7-3-1-6(5-9)2-4-8/h5-8H2,1-4H3;6H,1-5,7-9H2. The van der Waals surface area contributed by atoms with Crippen molar-refractivity contribution in [2.75, 3.05) is 19.6 Å². The van der Waals surface area contributed by atoms with E-state index in [0.717, 1.165) is 25.9 Å². The van der Waals surface area contributed by atoms with Gasteiger partial charge in [-0.2, -0.15) is 0 Å². The third-order valence-corrected chi connectivity index (χ3v) is 4.48. The highest BCUT2D eigenvalue weighted by molar-refractivity contribution is 4.72. The van der Waals surface area contributed by atoms with Gasteiger partial charge >= 0.3 is 0 Å². The van der Waals surface area contributed by atoms with Gasteiger partial charge in [-0.25, -0.2) is 0 Å². The fourth-order valence-corrected chi connectivity index (χ4v) is 2.35. The first-order valence-electron chi connectivity index (χ1n) is 7.69. The Bertz CT molecular complexity index is 132. The molecular weight excluding hydrogens is 222 g/mol. The molecule has 0 amide bonds. The molecule has 0 aliphatic carbocycles. The van der Waals surface area contributed by atoms with Crippen LogP contribution in [0.2, 0.25) is 0 Å². The predicted octanol–water partition coefficient (Wildman–Crippen LogP) is 2.87. The number of rotatable bonds is 9. The predicted molar refractivity (Wildman–Crippen MR) is 83.5 cm³/mol. The molecule has 0 aliphatic heterocycles. The monoisotopic (exact) mass is 259 g/mol. The maximum absolute atomic E-state index is 5.43. The van der Waals surface area contributed by atoms with Gasteiger partial charge in [-0.15, -0.1) is 0 Å². The average molecular weight is 259 g/mol. The summed E-state index contributed by atoms with van der Waals surface area (Å²) in [6.45, 7) is 11.4. The molecule has 0 saturated carbocycles. The Balaban J connectivity index is 0. The molecule has 112 valence electrons. The van der Waals surface area contributed by atoms with Crippen LogP contribution in [0.1, 0.15) is 66.2 Å². The fraction of sp³-hybridized carbons (Fsp3) is 1.00. The van der Waals surface area contributed by atoms with E-state index in [9.17, 15) is 0 Å². The summed E-state index contributed by atoms with van der Waals surface area (Å²) in [6, 6.07) is 0. The summed E-state index contributed by atoms with van der Waals surface area (Å²) in [7, 11) is 0. The van der Waals surface area contributed by atoms with Crippen molar-refractivity contribution in [1.82, 2.24) is 0 Å². The number of nitrogens with two attached hydrogens (primary N) is 3. The molecule has 0 rings (SSSR count). The average Bonchev–Trinajstić information content (AvgIpc) is 2.42. The zero-order valence-electron chi connectivity index (χ0n) is 13.2. The normalized spacial score (nSPS) is 11.3. The Morgan fingerprint density at radius 2 is 1.06 bits per heavy atom. The van der Waals surface area contributed by atoms with Crippen molar-refractivity contribution in [1.29, 1.82) is 0 Å². The third kappa shape index (κ3) is 8.90. The van der Waals surface area contributed by atoms with E-state index in [1.807, 2.05) is 0 Å². The van der Waals surface area contributed by atoms with E-state index in [4.69, 9.17) is 17.2 Å². The van der Waals surface area contributed by atoms with Crippen LogP contribution in [0.5, 0.6) is 0 Å². The van der Waals surface area contributed by atoms with Crippen LogP contribution in [0.4, 0.5) is 0 Å². The Morgan fingerprint density at radius 1 is 0.722 bits per heavy atom. The van der Waals surface area contributed by atoms with E-state index in [-0.39, 0.29) is 0 Å². The van der Waals surface area contributed by atoms with Crippen LogP contribution >= 0.6 is 0 Å². The lowest BCUT2D eigenvalue weighted by Gasteiger charge is -2.28. The molecule has 18 heavy (non-hydrogen) atoms. The molecule has 3 heteroatoms. The third-order valence-electron chi connectivity index (χ3n) is 4.48. The highest BCUT2D eigenvalue weighted by atomic mass is 14.6. The van der Waals surface area contributed by atoms with Crippen molar-refractivity contribution in [3.63, 3.8) is 0 Å². The van der Waals surface area contributed by atoms with Gasteiger partial charge in [-0.1, -0.05) is 53.4 Å². The van der Waals surface area contributed by atoms with Crippen molar-refractivity contribution in [3.8, 4) is 0 Å². The second kappa shape index (κ2) is 13.3. The Morgan fingerprint density at radius 3 is 1.17 bits per heavy atom. The van der Waals surface area contributed by atoms with Crippen molar-refractivity contribution in [2.24, 2.45) is 28.5 Å². The van der Waals surface area contributed by atoms with E-state index in [1.54, 1.807) is 0 Å². The van der Waals surface area contributed by atoms with Crippen LogP contribution in [0.15, 0.2) is 0 Å². The zero-order chi connectivity index (χ0) is 14.4. The highest BCUT2D eigenvalue weighted by Gasteiger charge is 2.20. The van der Waals surface area contributed by atoms with Gasteiger partial charge in [0, 0.05) is 0 Å². The van der Waals surface area contributed by atoms with Gasteiger partial charge in [-0.3, -0.25) is 0 Å². The number of hydrogen-bond donors (Lipinski definition) is 3. The maximum Gasteiger partial charge on any atom is -0.00479 e. The first-order chi connectivity index (χ1) is 8.59. The summed E-state index contributed by atoms with van der Waals surface area (Å²) >= 11 is 0. The van der Waals surface area contributed by atoms with Crippen molar-refractivity contribution in [2.45, 2.75) is 66.2 Å². The SMILES string of the molecule is CCC(CC)(CC)CC.NCCC(CN)CCN. The lowest BCUT2D eigenvalue weighted by Crippen LogP contribution is -2.21. The maximum atomic E-state index is 5.43. The van der Waals surface area contributed by atoms with Gasteiger partial charge in [0.1, 0.15) is 0 Å². The van der Waals surface area contributed by atoms with Crippen molar-refractivity contribution in [3.05, 3.63) is 0 Å². The minimum Gasteiger partial charge on any atom is -0.330 e. The largest absolute Gasteiger partial charge is 0.330 e. The summed E-state index contributed by atoms with van der Waals surface area (Å²) in [4.78, 5) is 0. The fourth-order valence-electron chi connectivity index (χ4n) is 2.35. The summed E-state index contributed by atoms with van der Waals surface area (Å²) in [5, 5.41) is 0. The number of hydrogen-bond acceptors (Lipinski definition) is 3. The van der Waals surface area contributed by atoms with Gasteiger partial charge in [0.2, 0.25) is 0 Å². The second-order valence-corrected chi connectivity index (χ2v) is 5.17. The molecule has 3 nitrogen and oxygen atoms in total. The lowest BCUT2D eigenvalue weighted by atomic mass is 9.78. The molecule has 6 N–H and O–H groups in total. The molecule has 0 saturated heterocycles. The van der Waals surface area contributed by atoms with Crippen LogP contribution in [0, 0.1) is 11.3 Å². The smallest absolute Gasteiger partial charge is 0.00479 e. The topological polar surface area (TPSA) is 78.1 Å². The molecule has 0 bridgehead atoms. The molecule has 0 unspecified atom stereocenters. The zero-order valence-corrected chi connectivity index (χ0v) is 13.2. The van der Waals surface area contributed by atoms with Gasteiger partial charge < -0.3 is 17.2 Å². The lowest BCUT2D eigenvalue weighted by molar-refractivity contribution is 0.240.